The molecule has 0 saturated carbocycles. The monoisotopic (exact) mass is 220 g/mol. The summed E-state index contributed by atoms with van der Waals surface area (Å²) in [7, 11) is 0. The first-order valence-electron chi connectivity index (χ1n) is 6.10. The molecule has 0 saturated heterocycles. The van der Waals surface area contributed by atoms with Gasteiger partial charge in [0.25, 0.3) is 0 Å². The van der Waals surface area contributed by atoms with Crippen LogP contribution in [0.5, 0.6) is 0 Å². The summed E-state index contributed by atoms with van der Waals surface area (Å²) < 4.78 is 0. The van der Waals surface area contributed by atoms with Gasteiger partial charge in [-0.2, -0.15) is 0 Å². The smallest absolute Gasteiger partial charge is 0.0213 e. The van der Waals surface area contributed by atoms with Gasteiger partial charge < -0.3 is 0 Å². The topological polar surface area (TPSA) is 0 Å². The fourth-order valence-corrected chi connectivity index (χ4v) is 2.86. The average Bonchev–Trinajstić information content (AvgIpc) is 2.37. The Morgan fingerprint density at radius 3 is 2.41 bits per heavy atom. The van der Waals surface area contributed by atoms with Crippen LogP contribution in [0.1, 0.15) is 16.7 Å². The van der Waals surface area contributed by atoms with Crippen molar-refractivity contribution in [1.29, 1.82) is 0 Å². The molecule has 0 aromatic heterocycles. The number of benzene rings is 2. The van der Waals surface area contributed by atoms with Crippen LogP contribution in [0.4, 0.5) is 0 Å². The molecule has 2 aromatic rings. The lowest BCUT2D eigenvalue weighted by atomic mass is 9.61. The first-order chi connectivity index (χ1) is 8.34. The largest absolute Gasteiger partial charge is 0.102 e. The molecule has 0 bridgehead atoms. The van der Waals surface area contributed by atoms with Crippen LogP contribution < -0.4 is 0 Å². The van der Waals surface area contributed by atoms with E-state index in [9.17, 15) is 0 Å². The minimum Gasteiger partial charge on any atom is -0.102 e. The van der Waals surface area contributed by atoms with Crippen LogP contribution in [-0.4, -0.2) is 0 Å². The third kappa shape index (κ3) is 1.61. The van der Waals surface area contributed by atoms with Crippen LogP contribution in [0.15, 0.2) is 67.3 Å². The Labute approximate surface area is 103 Å². The summed E-state index contributed by atoms with van der Waals surface area (Å²) in [5.41, 5.74) is 4.49. The molecule has 84 valence electrons. The van der Waals surface area contributed by atoms with Crippen molar-refractivity contribution in [2.75, 3.05) is 0 Å². The molecule has 1 atom stereocenters. The van der Waals surface area contributed by atoms with Crippen molar-refractivity contribution in [2.45, 2.75) is 18.3 Å². The lowest BCUT2D eigenvalue weighted by Crippen LogP contribution is -2.38. The number of allylic oxidation sites excluding steroid dienone is 1. The predicted octanol–water partition coefficient (Wildman–Crippen LogP) is 3.91. The molecule has 0 aliphatic heterocycles. The maximum atomic E-state index is 4.05. The van der Waals surface area contributed by atoms with E-state index >= 15 is 0 Å². The van der Waals surface area contributed by atoms with Gasteiger partial charge in [0.15, 0.2) is 0 Å². The van der Waals surface area contributed by atoms with E-state index in [2.05, 4.69) is 67.3 Å². The van der Waals surface area contributed by atoms with E-state index in [4.69, 9.17) is 0 Å². The minimum atomic E-state index is 0.165. The summed E-state index contributed by atoms with van der Waals surface area (Å²) in [6, 6.07) is 19.4. The molecule has 0 amide bonds. The third-order valence-electron chi connectivity index (χ3n) is 3.81. The van der Waals surface area contributed by atoms with Gasteiger partial charge >= 0.3 is 0 Å². The van der Waals surface area contributed by atoms with Gasteiger partial charge in [0.05, 0.1) is 0 Å². The van der Waals surface area contributed by atoms with Gasteiger partial charge in [-0.3, -0.25) is 0 Å². The van der Waals surface area contributed by atoms with Gasteiger partial charge in [-0.15, -0.1) is 6.58 Å². The number of hydrogen-bond acceptors (Lipinski definition) is 0. The highest BCUT2D eigenvalue weighted by atomic mass is 14.4. The molecule has 1 aliphatic rings. The summed E-state index contributed by atoms with van der Waals surface area (Å²) in [6.45, 7) is 4.05. The molecular weight excluding hydrogens is 204 g/mol. The molecule has 3 rings (SSSR count). The Morgan fingerprint density at radius 1 is 1.00 bits per heavy atom. The van der Waals surface area contributed by atoms with Crippen LogP contribution in [0, 0.1) is 0 Å². The fourth-order valence-electron chi connectivity index (χ4n) is 2.86. The zero-order valence-corrected chi connectivity index (χ0v) is 9.89. The van der Waals surface area contributed by atoms with Crippen LogP contribution in [0.25, 0.3) is 0 Å². The van der Waals surface area contributed by atoms with E-state index in [0.29, 0.717) is 0 Å². The molecule has 1 aliphatic carbocycles. The van der Waals surface area contributed by atoms with Crippen molar-refractivity contribution in [3.05, 3.63) is 83.9 Å². The molecular formula is C17H16. The SMILES string of the molecule is C=CC1(Cc2ccccc2)Cc2ccccc21. The van der Waals surface area contributed by atoms with Gasteiger partial charge in [0.2, 0.25) is 0 Å². The second-order valence-corrected chi connectivity index (χ2v) is 4.86. The van der Waals surface area contributed by atoms with Crippen molar-refractivity contribution in [1.82, 2.24) is 0 Å². The quantitative estimate of drug-likeness (QED) is 0.688. The Balaban J connectivity index is 1.95. The highest BCUT2D eigenvalue weighted by Crippen LogP contribution is 2.44. The molecule has 0 N–H and O–H groups in total. The maximum absolute atomic E-state index is 4.05. The number of rotatable bonds is 3. The Morgan fingerprint density at radius 2 is 1.71 bits per heavy atom. The van der Waals surface area contributed by atoms with Crippen molar-refractivity contribution in [2.24, 2.45) is 0 Å². The summed E-state index contributed by atoms with van der Waals surface area (Å²) >= 11 is 0. The Kier molecular flexibility index (Phi) is 2.36. The minimum absolute atomic E-state index is 0.165. The summed E-state index contributed by atoms with van der Waals surface area (Å²) in [5.74, 6) is 0. The average molecular weight is 220 g/mol. The Bertz CT molecular complexity index is 539. The Hall–Kier alpha value is -1.82. The maximum Gasteiger partial charge on any atom is 0.0213 e. The zero-order valence-electron chi connectivity index (χ0n) is 9.89. The highest BCUT2D eigenvalue weighted by molar-refractivity contribution is 5.50. The number of fused-ring (bicyclic) bond motifs is 1. The van der Waals surface area contributed by atoms with E-state index < -0.39 is 0 Å². The second kappa shape index (κ2) is 3.89. The molecule has 2 aromatic carbocycles. The zero-order chi connectivity index (χ0) is 11.7. The van der Waals surface area contributed by atoms with Crippen LogP contribution in [-0.2, 0) is 18.3 Å². The van der Waals surface area contributed by atoms with Gasteiger partial charge in [-0.25, -0.2) is 0 Å². The molecule has 1 unspecified atom stereocenters. The summed E-state index contributed by atoms with van der Waals surface area (Å²) in [4.78, 5) is 0. The van der Waals surface area contributed by atoms with Crippen LogP contribution >= 0.6 is 0 Å². The summed E-state index contributed by atoms with van der Waals surface area (Å²) in [6.07, 6.45) is 4.32. The van der Waals surface area contributed by atoms with Crippen molar-refractivity contribution in [3.8, 4) is 0 Å². The van der Waals surface area contributed by atoms with Gasteiger partial charge in [0.1, 0.15) is 0 Å². The third-order valence-corrected chi connectivity index (χ3v) is 3.81. The van der Waals surface area contributed by atoms with E-state index in [-0.39, 0.29) is 5.41 Å². The molecule has 0 spiro atoms. The normalized spacial score (nSPS) is 21.4. The van der Waals surface area contributed by atoms with E-state index in [1.165, 1.54) is 16.7 Å². The van der Waals surface area contributed by atoms with Crippen molar-refractivity contribution < 1.29 is 0 Å². The molecule has 0 heterocycles. The van der Waals surface area contributed by atoms with E-state index in [1.54, 1.807) is 0 Å². The molecule has 0 fully saturated rings. The fraction of sp³-hybridized carbons (Fsp3) is 0.176. The van der Waals surface area contributed by atoms with Gasteiger partial charge in [-0.05, 0) is 29.5 Å². The van der Waals surface area contributed by atoms with E-state index in [1.807, 2.05) is 0 Å². The highest BCUT2D eigenvalue weighted by Gasteiger charge is 2.39. The first kappa shape index (κ1) is 10.3. The molecule has 17 heavy (non-hydrogen) atoms. The molecule has 0 radical (unpaired) electrons. The summed E-state index contributed by atoms with van der Waals surface area (Å²) in [5, 5.41) is 0. The van der Waals surface area contributed by atoms with Gasteiger partial charge in [0, 0.05) is 5.41 Å². The van der Waals surface area contributed by atoms with Crippen LogP contribution in [0.2, 0.25) is 0 Å². The van der Waals surface area contributed by atoms with Crippen molar-refractivity contribution in [3.63, 3.8) is 0 Å². The molecule has 0 heteroatoms. The lowest BCUT2D eigenvalue weighted by Gasteiger charge is -2.42. The van der Waals surface area contributed by atoms with E-state index in [0.717, 1.165) is 12.8 Å². The molecule has 0 nitrogen and oxygen atoms in total. The number of hydrogen-bond donors (Lipinski definition) is 0. The van der Waals surface area contributed by atoms with Crippen LogP contribution in [0.3, 0.4) is 0 Å². The lowest BCUT2D eigenvalue weighted by molar-refractivity contribution is 0.464. The predicted molar refractivity (Wildman–Crippen MR) is 72.2 cm³/mol. The van der Waals surface area contributed by atoms with Crippen molar-refractivity contribution >= 4 is 0 Å². The van der Waals surface area contributed by atoms with Gasteiger partial charge in [-0.1, -0.05) is 60.7 Å². The second-order valence-electron chi connectivity index (χ2n) is 4.86. The standard InChI is InChI=1S/C17H16/c1-2-17(12-14-8-4-3-5-9-14)13-15-10-6-7-11-16(15)17/h2-11H,1,12-13H2. The first-order valence-corrected chi connectivity index (χ1v) is 6.10.